The maximum atomic E-state index is 10.7. The van der Waals surface area contributed by atoms with E-state index in [4.69, 9.17) is 0 Å². The Bertz CT molecular complexity index is 45.6. The average molecular weight is 82.0 g/mol. The van der Waals surface area contributed by atoms with Crippen LogP contribution in [0.3, 0.4) is 0 Å². The van der Waals surface area contributed by atoms with Crippen molar-refractivity contribution in [2.45, 2.75) is 6.29 Å². The van der Waals surface area contributed by atoms with Gasteiger partial charge in [-0.2, -0.15) is 0 Å². The maximum Gasteiger partial charge on any atom is 0.539 e. The minimum atomic E-state index is -3.25. The fourth-order valence-corrected chi connectivity index (χ4v) is 0.0315. The van der Waals surface area contributed by atoms with Crippen molar-refractivity contribution >= 4 is 0 Å². The molecule has 0 atom stereocenters. The third-order valence-corrected chi connectivity index (χ3v) is 0.209. The Labute approximate surface area is 26.2 Å². The highest BCUT2D eigenvalue weighted by molar-refractivity contribution is 4.28. The van der Waals surface area contributed by atoms with Gasteiger partial charge in [0, 0.05) is 0 Å². The molecule has 0 saturated carbocycles. The molecular formula is CF2O2. The van der Waals surface area contributed by atoms with Gasteiger partial charge in [-0.1, -0.05) is 0 Å². The number of hydrogen-bond donors (Lipinski definition) is 0. The minimum absolute atomic E-state index is 3.06. The molecule has 0 radical (unpaired) electrons. The zero-order valence-corrected chi connectivity index (χ0v) is 2.07. The van der Waals surface area contributed by atoms with E-state index < -0.39 is 6.29 Å². The Hall–Kier alpha value is -0.220. The lowest BCUT2D eigenvalue weighted by Crippen LogP contribution is -1.82. The molecule has 1 fully saturated rings. The Morgan fingerprint density at radius 2 is 1.40 bits per heavy atom. The van der Waals surface area contributed by atoms with Crippen LogP contribution in [0.1, 0.15) is 0 Å². The smallest absolute Gasteiger partial charge is 0.144 e. The number of hydrogen-bond acceptors (Lipinski definition) is 2. The minimum Gasteiger partial charge on any atom is -0.144 e. The third-order valence-electron chi connectivity index (χ3n) is 0.209. The van der Waals surface area contributed by atoms with Crippen molar-refractivity contribution in [2.24, 2.45) is 0 Å². The lowest BCUT2D eigenvalue weighted by molar-refractivity contribution is -0.00920. The van der Waals surface area contributed by atoms with Crippen molar-refractivity contribution in [1.82, 2.24) is 0 Å². The summed E-state index contributed by atoms with van der Waals surface area (Å²) in [6.07, 6.45) is -3.25. The van der Waals surface area contributed by atoms with Crippen LogP contribution >= 0.6 is 0 Å². The highest BCUT2D eigenvalue weighted by Crippen LogP contribution is 2.31. The summed E-state index contributed by atoms with van der Waals surface area (Å²) in [6, 6.07) is 0. The number of alkyl halides is 2. The molecule has 0 spiro atoms. The van der Waals surface area contributed by atoms with Crippen molar-refractivity contribution in [1.29, 1.82) is 0 Å². The van der Waals surface area contributed by atoms with Gasteiger partial charge in [0.1, 0.15) is 0 Å². The Balaban J connectivity index is 2.38. The highest BCUT2D eigenvalue weighted by atomic mass is 19.3. The van der Waals surface area contributed by atoms with E-state index in [1.807, 2.05) is 0 Å². The standard InChI is InChI=1S/CF2O2/c2-1(3)4-5-1. The van der Waals surface area contributed by atoms with Crippen molar-refractivity contribution in [2.75, 3.05) is 0 Å². The topological polar surface area (TPSA) is 25.1 Å². The monoisotopic (exact) mass is 82.0 g/mol. The average Bonchev–Trinajstić information content (AvgIpc) is 1.76. The highest BCUT2D eigenvalue weighted by Gasteiger charge is 2.51. The van der Waals surface area contributed by atoms with Crippen molar-refractivity contribution < 1.29 is 18.6 Å². The van der Waals surface area contributed by atoms with Crippen LogP contribution < -0.4 is 0 Å². The number of halogens is 2. The van der Waals surface area contributed by atoms with Crippen LogP contribution in [0.5, 0.6) is 0 Å². The van der Waals surface area contributed by atoms with Gasteiger partial charge in [-0.05, 0) is 0 Å². The van der Waals surface area contributed by atoms with Gasteiger partial charge in [0.2, 0.25) is 0 Å². The van der Waals surface area contributed by atoms with Crippen LogP contribution in [0, 0.1) is 0 Å². The van der Waals surface area contributed by atoms with Crippen LogP contribution in [0.25, 0.3) is 0 Å². The lowest BCUT2D eigenvalue weighted by Gasteiger charge is -1.62. The second-order valence-corrected chi connectivity index (χ2v) is 0.630. The fraction of sp³-hybridized carbons (Fsp3) is 1.00. The first kappa shape index (κ1) is 2.99. The first-order chi connectivity index (χ1) is 2.21. The zero-order valence-electron chi connectivity index (χ0n) is 2.07. The van der Waals surface area contributed by atoms with Gasteiger partial charge in [0.05, 0.1) is 0 Å². The van der Waals surface area contributed by atoms with E-state index in [0.29, 0.717) is 0 Å². The molecule has 1 heterocycles. The SMILES string of the molecule is FC1(F)OO1. The van der Waals surface area contributed by atoms with Crippen LogP contribution in [-0.4, -0.2) is 6.29 Å². The number of rotatable bonds is 0. The van der Waals surface area contributed by atoms with Gasteiger partial charge in [-0.3, -0.25) is 0 Å². The molecular weight excluding hydrogens is 82.0 g/mol. The van der Waals surface area contributed by atoms with Crippen molar-refractivity contribution in [3.05, 3.63) is 0 Å². The molecule has 0 N–H and O–H groups in total. The molecule has 0 amide bonds. The molecule has 1 rings (SSSR count). The van der Waals surface area contributed by atoms with Crippen LogP contribution in [0.15, 0.2) is 0 Å². The summed E-state index contributed by atoms with van der Waals surface area (Å²) in [7, 11) is 0. The van der Waals surface area contributed by atoms with Gasteiger partial charge in [0.25, 0.3) is 0 Å². The molecule has 4 heteroatoms. The lowest BCUT2D eigenvalue weighted by atomic mass is 11.4. The molecule has 30 valence electrons. The molecule has 2 nitrogen and oxygen atoms in total. The van der Waals surface area contributed by atoms with Gasteiger partial charge in [-0.15, -0.1) is 18.6 Å². The summed E-state index contributed by atoms with van der Waals surface area (Å²) in [6.45, 7) is 0. The van der Waals surface area contributed by atoms with E-state index in [9.17, 15) is 8.78 Å². The van der Waals surface area contributed by atoms with E-state index in [-0.39, 0.29) is 0 Å². The Morgan fingerprint density at radius 1 is 1.20 bits per heavy atom. The van der Waals surface area contributed by atoms with Crippen LogP contribution in [-0.2, 0) is 9.78 Å². The fourth-order valence-electron chi connectivity index (χ4n) is 0.0315. The van der Waals surface area contributed by atoms with Crippen LogP contribution in [0.4, 0.5) is 8.78 Å². The summed E-state index contributed by atoms with van der Waals surface area (Å²) in [5.41, 5.74) is 0. The second kappa shape index (κ2) is 0.483. The van der Waals surface area contributed by atoms with Crippen LogP contribution in [0.2, 0.25) is 0 Å². The first-order valence-electron chi connectivity index (χ1n) is 0.953. The second-order valence-electron chi connectivity index (χ2n) is 0.630. The largest absolute Gasteiger partial charge is 0.539 e. The van der Waals surface area contributed by atoms with Gasteiger partial charge >= 0.3 is 6.29 Å². The summed E-state index contributed by atoms with van der Waals surface area (Å²) in [5, 5.41) is 0. The van der Waals surface area contributed by atoms with E-state index >= 15 is 0 Å². The zero-order chi connectivity index (χ0) is 3.91. The van der Waals surface area contributed by atoms with E-state index in [0.717, 1.165) is 0 Å². The molecule has 1 saturated heterocycles. The summed E-state index contributed by atoms with van der Waals surface area (Å²) in [4.78, 5) is 6.12. The first-order valence-corrected chi connectivity index (χ1v) is 0.953. The predicted octanol–water partition coefficient (Wildman–Crippen LogP) is 0.498. The Kier molecular flexibility index (Phi) is 0.289. The molecule has 1 aliphatic rings. The molecule has 0 unspecified atom stereocenters. The molecule has 0 aromatic rings. The quantitative estimate of drug-likeness (QED) is 0.314. The normalized spacial score (nSPS) is 30.0. The van der Waals surface area contributed by atoms with E-state index in [2.05, 4.69) is 9.78 Å². The van der Waals surface area contributed by atoms with Gasteiger partial charge in [-0.25, -0.2) is 0 Å². The molecule has 1 aliphatic heterocycles. The summed E-state index contributed by atoms with van der Waals surface area (Å²) < 4.78 is 21.4. The molecule has 0 aromatic heterocycles. The summed E-state index contributed by atoms with van der Waals surface area (Å²) in [5.74, 6) is 0. The molecule has 5 heavy (non-hydrogen) atoms. The molecule has 0 bridgehead atoms. The molecule has 0 aliphatic carbocycles. The van der Waals surface area contributed by atoms with Gasteiger partial charge < -0.3 is 0 Å². The molecule has 0 aromatic carbocycles. The van der Waals surface area contributed by atoms with Gasteiger partial charge in [0.15, 0.2) is 0 Å². The predicted molar refractivity (Wildman–Crippen MR) is 7.12 cm³/mol. The van der Waals surface area contributed by atoms with E-state index in [1.165, 1.54) is 0 Å². The van der Waals surface area contributed by atoms with Crippen molar-refractivity contribution in [3.63, 3.8) is 0 Å². The summed E-state index contributed by atoms with van der Waals surface area (Å²) >= 11 is 0. The Morgan fingerprint density at radius 3 is 1.40 bits per heavy atom. The maximum absolute atomic E-state index is 10.7. The van der Waals surface area contributed by atoms with E-state index in [1.54, 1.807) is 0 Å². The third kappa shape index (κ3) is 0.524. The van der Waals surface area contributed by atoms with Crippen molar-refractivity contribution in [3.8, 4) is 0 Å².